The third kappa shape index (κ3) is 2.60. The molecule has 0 saturated heterocycles. The number of aryl methyl sites for hydroxylation is 1. The standard InChI is InChI=1S/C10H10N4OS/c1-6-4-9(15)14-10(13-6)16-7-2-3-8(11)12-5-7/h2-5H,1H3,(H2,11,12)(H,13,14,15). The van der Waals surface area contributed by atoms with Gasteiger partial charge >= 0.3 is 0 Å². The highest BCUT2D eigenvalue weighted by molar-refractivity contribution is 7.99. The van der Waals surface area contributed by atoms with Crippen LogP contribution in [0.1, 0.15) is 5.69 Å². The molecule has 0 bridgehead atoms. The summed E-state index contributed by atoms with van der Waals surface area (Å²) >= 11 is 1.34. The number of anilines is 1. The Labute approximate surface area is 96.1 Å². The van der Waals surface area contributed by atoms with Crippen molar-refractivity contribution in [2.75, 3.05) is 5.73 Å². The first kappa shape index (κ1) is 10.7. The second-order valence-electron chi connectivity index (χ2n) is 3.21. The predicted octanol–water partition coefficient (Wildman–Crippen LogP) is 1.21. The van der Waals surface area contributed by atoms with Gasteiger partial charge in [-0.1, -0.05) is 11.8 Å². The number of pyridine rings is 1. The zero-order valence-corrected chi connectivity index (χ0v) is 9.41. The van der Waals surface area contributed by atoms with Crippen LogP contribution in [0.4, 0.5) is 5.82 Å². The molecule has 5 nitrogen and oxygen atoms in total. The van der Waals surface area contributed by atoms with Crippen molar-refractivity contribution < 1.29 is 0 Å². The van der Waals surface area contributed by atoms with E-state index >= 15 is 0 Å². The van der Waals surface area contributed by atoms with E-state index in [-0.39, 0.29) is 5.56 Å². The average Bonchev–Trinajstić information content (AvgIpc) is 2.20. The van der Waals surface area contributed by atoms with E-state index in [0.29, 0.717) is 16.7 Å². The van der Waals surface area contributed by atoms with Crippen molar-refractivity contribution in [1.29, 1.82) is 0 Å². The normalized spacial score (nSPS) is 10.3. The van der Waals surface area contributed by atoms with Gasteiger partial charge in [0, 0.05) is 22.9 Å². The molecule has 82 valence electrons. The minimum absolute atomic E-state index is 0.154. The number of nitrogens with one attached hydrogen (secondary N) is 1. The van der Waals surface area contributed by atoms with Crippen LogP contribution in [-0.4, -0.2) is 15.0 Å². The topological polar surface area (TPSA) is 84.7 Å². The van der Waals surface area contributed by atoms with Crippen LogP contribution in [0.15, 0.2) is 39.2 Å². The van der Waals surface area contributed by atoms with Crippen LogP contribution in [0.25, 0.3) is 0 Å². The number of hydrogen-bond donors (Lipinski definition) is 2. The molecule has 2 aromatic heterocycles. The van der Waals surface area contributed by atoms with Gasteiger partial charge in [-0.2, -0.15) is 0 Å². The van der Waals surface area contributed by atoms with Gasteiger partial charge in [0.1, 0.15) is 5.82 Å². The number of hydrogen-bond acceptors (Lipinski definition) is 5. The summed E-state index contributed by atoms with van der Waals surface area (Å²) in [4.78, 5) is 22.9. The monoisotopic (exact) mass is 234 g/mol. The predicted molar refractivity (Wildman–Crippen MR) is 62.4 cm³/mol. The Balaban J connectivity index is 2.26. The van der Waals surface area contributed by atoms with Crippen LogP contribution < -0.4 is 11.3 Å². The highest BCUT2D eigenvalue weighted by Gasteiger charge is 2.01. The quantitative estimate of drug-likeness (QED) is 0.763. The van der Waals surface area contributed by atoms with Gasteiger partial charge in [-0.25, -0.2) is 9.97 Å². The molecule has 2 aromatic rings. The van der Waals surface area contributed by atoms with Crippen molar-refractivity contribution in [1.82, 2.24) is 15.0 Å². The summed E-state index contributed by atoms with van der Waals surface area (Å²) in [5, 5.41) is 0.552. The first-order valence-corrected chi connectivity index (χ1v) is 5.42. The third-order valence-corrected chi connectivity index (χ3v) is 2.69. The molecule has 0 aliphatic heterocycles. The van der Waals surface area contributed by atoms with Gasteiger partial charge in [0.2, 0.25) is 0 Å². The van der Waals surface area contributed by atoms with Crippen molar-refractivity contribution >= 4 is 17.6 Å². The van der Waals surface area contributed by atoms with Gasteiger partial charge in [0.25, 0.3) is 5.56 Å². The van der Waals surface area contributed by atoms with Gasteiger partial charge in [-0.05, 0) is 19.1 Å². The van der Waals surface area contributed by atoms with Crippen LogP contribution in [0, 0.1) is 6.92 Å². The van der Waals surface area contributed by atoms with E-state index < -0.39 is 0 Å². The maximum atomic E-state index is 11.2. The Bertz CT molecular complexity index is 549. The molecule has 0 radical (unpaired) electrons. The highest BCUT2D eigenvalue weighted by Crippen LogP contribution is 2.23. The molecule has 0 amide bonds. The fourth-order valence-corrected chi connectivity index (χ4v) is 1.97. The highest BCUT2D eigenvalue weighted by atomic mass is 32.2. The van der Waals surface area contributed by atoms with Gasteiger partial charge in [-0.3, -0.25) is 4.79 Å². The van der Waals surface area contributed by atoms with Gasteiger partial charge in [0.05, 0.1) is 0 Å². The molecule has 0 spiro atoms. The van der Waals surface area contributed by atoms with Gasteiger partial charge < -0.3 is 10.7 Å². The van der Waals surface area contributed by atoms with E-state index in [1.54, 1.807) is 19.2 Å². The fraction of sp³-hybridized carbons (Fsp3) is 0.100. The van der Waals surface area contributed by atoms with Crippen molar-refractivity contribution in [2.24, 2.45) is 0 Å². The SMILES string of the molecule is Cc1cc(=O)[nH]c(Sc2ccc(N)nc2)n1. The number of aromatic amines is 1. The van der Waals surface area contributed by atoms with Crippen LogP contribution >= 0.6 is 11.8 Å². The number of nitrogens with two attached hydrogens (primary N) is 1. The van der Waals surface area contributed by atoms with E-state index in [1.165, 1.54) is 17.8 Å². The largest absolute Gasteiger partial charge is 0.384 e. The summed E-state index contributed by atoms with van der Waals surface area (Å²) in [7, 11) is 0. The molecule has 2 rings (SSSR count). The Morgan fingerprint density at radius 3 is 2.88 bits per heavy atom. The van der Waals surface area contributed by atoms with Crippen molar-refractivity contribution in [2.45, 2.75) is 17.0 Å². The zero-order chi connectivity index (χ0) is 11.5. The molecule has 2 heterocycles. The first-order valence-electron chi connectivity index (χ1n) is 4.61. The lowest BCUT2D eigenvalue weighted by molar-refractivity contribution is 0.905. The van der Waals surface area contributed by atoms with E-state index in [1.807, 2.05) is 6.07 Å². The van der Waals surface area contributed by atoms with Crippen LogP contribution in [0.3, 0.4) is 0 Å². The summed E-state index contributed by atoms with van der Waals surface area (Å²) in [6.07, 6.45) is 1.64. The lowest BCUT2D eigenvalue weighted by Crippen LogP contribution is -2.07. The second kappa shape index (κ2) is 4.36. The Kier molecular flexibility index (Phi) is 2.91. The summed E-state index contributed by atoms with van der Waals surface area (Å²) in [5.74, 6) is 0.468. The van der Waals surface area contributed by atoms with E-state index in [2.05, 4.69) is 15.0 Å². The number of rotatable bonds is 2. The van der Waals surface area contributed by atoms with Crippen molar-refractivity contribution in [3.63, 3.8) is 0 Å². The summed E-state index contributed by atoms with van der Waals surface area (Å²) in [6, 6.07) is 4.98. The average molecular weight is 234 g/mol. The van der Waals surface area contributed by atoms with Crippen LogP contribution in [-0.2, 0) is 0 Å². The third-order valence-electron chi connectivity index (χ3n) is 1.82. The Morgan fingerprint density at radius 2 is 2.25 bits per heavy atom. The molecule has 0 aromatic carbocycles. The van der Waals surface area contributed by atoms with E-state index in [4.69, 9.17) is 5.73 Å². The maximum absolute atomic E-state index is 11.2. The number of nitrogens with zero attached hydrogens (tertiary/aromatic N) is 2. The maximum Gasteiger partial charge on any atom is 0.251 e. The lowest BCUT2D eigenvalue weighted by Gasteiger charge is -2.01. The van der Waals surface area contributed by atoms with E-state index in [9.17, 15) is 4.79 Å². The summed E-state index contributed by atoms with van der Waals surface area (Å²) < 4.78 is 0. The molecule has 0 aliphatic carbocycles. The molecule has 16 heavy (non-hydrogen) atoms. The lowest BCUT2D eigenvalue weighted by atomic mass is 10.5. The van der Waals surface area contributed by atoms with Gasteiger partial charge in [0.15, 0.2) is 5.16 Å². The number of H-pyrrole nitrogens is 1. The molecule has 0 saturated carbocycles. The molecule has 3 N–H and O–H groups in total. The van der Waals surface area contributed by atoms with E-state index in [0.717, 1.165) is 4.90 Å². The minimum atomic E-state index is -0.154. The molecule has 0 unspecified atom stereocenters. The molecule has 6 heteroatoms. The molecule has 0 aliphatic rings. The Morgan fingerprint density at radius 1 is 1.44 bits per heavy atom. The van der Waals surface area contributed by atoms with Gasteiger partial charge in [-0.15, -0.1) is 0 Å². The van der Waals surface area contributed by atoms with Crippen molar-refractivity contribution in [3.05, 3.63) is 40.4 Å². The number of nitrogen functional groups attached to an aromatic ring is 1. The van der Waals surface area contributed by atoms with Crippen LogP contribution in [0.2, 0.25) is 0 Å². The van der Waals surface area contributed by atoms with Crippen LogP contribution in [0.5, 0.6) is 0 Å². The molecular formula is C10H10N4OS. The molecule has 0 fully saturated rings. The smallest absolute Gasteiger partial charge is 0.251 e. The second-order valence-corrected chi connectivity index (χ2v) is 4.27. The first-order chi connectivity index (χ1) is 7.63. The molecular weight excluding hydrogens is 224 g/mol. The number of aromatic nitrogens is 3. The van der Waals surface area contributed by atoms with Crippen molar-refractivity contribution in [3.8, 4) is 0 Å². The minimum Gasteiger partial charge on any atom is -0.384 e. The summed E-state index contributed by atoms with van der Waals surface area (Å²) in [5.41, 5.74) is 6.01. The fourth-order valence-electron chi connectivity index (χ4n) is 1.16. The summed E-state index contributed by atoms with van der Waals surface area (Å²) in [6.45, 7) is 1.78. The zero-order valence-electron chi connectivity index (χ0n) is 8.60. The Hall–Kier alpha value is -1.82. The molecule has 0 atom stereocenters.